The first kappa shape index (κ1) is 26.7. The number of hydrogen-bond acceptors (Lipinski definition) is 4. The fraction of sp³-hybridized carbons (Fsp3) is 0.458. The van der Waals surface area contributed by atoms with Gasteiger partial charge in [0.1, 0.15) is 0 Å². The maximum atomic E-state index is 12.4. The molecule has 2 aromatic carbocycles. The summed E-state index contributed by atoms with van der Waals surface area (Å²) >= 11 is 6.21. The molecule has 176 valence electrons. The quantitative estimate of drug-likeness (QED) is 0.613. The van der Waals surface area contributed by atoms with E-state index in [0.717, 1.165) is 31.2 Å². The van der Waals surface area contributed by atoms with Gasteiger partial charge in [-0.05, 0) is 67.5 Å². The van der Waals surface area contributed by atoms with Crippen LogP contribution in [0.4, 0.5) is 0 Å². The molecule has 1 amide bonds. The van der Waals surface area contributed by atoms with Crippen molar-refractivity contribution in [3.05, 3.63) is 64.7 Å². The fourth-order valence-corrected chi connectivity index (χ4v) is 5.56. The molecule has 0 aromatic heterocycles. The minimum atomic E-state index is -3.25. The first-order chi connectivity index (χ1) is 14.6. The van der Waals surface area contributed by atoms with Crippen molar-refractivity contribution in [3.63, 3.8) is 0 Å². The second-order valence-electron chi connectivity index (χ2n) is 8.61. The van der Waals surface area contributed by atoms with Gasteiger partial charge in [-0.2, -0.15) is 0 Å². The van der Waals surface area contributed by atoms with E-state index < -0.39 is 9.84 Å². The zero-order valence-corrected chi connectivity index (χ0v) is 21.0. The Morgan fingerprint density at radius 1 is 1.16 bits per heavy atom. The van der Waals surface area contributed by atoms with Crippen molar-refractivity contribution in [2.45, 2.75) is 55.4 Å². The van der Waals surface area contributed by atoms with E-state index in [1.165, 1.54) is 11.8 Å². The molecule has 0 saturated heterocycles. The Labute approximate surface area is 202 Å². The maximum absolute atomic E-state index is 12.4. The summed E-state index contributed by atoms with van der Waals surface area (Å²) < 4.78 is 23.6. The van der Waals surface area contributed by atoms with Crippen LogP contribution >= 0.6 is 24.0 Å². The molecule has 0 radical (unpaired) electrons. The molecule has 0 aliphatic heterocycles. The molecule has 3 rings (SSSR count). The standard InChI is InChI=1S/C24H31ClN2O3S.ClH/c1-18(28)27(14-11-19-5-3-8-23(15-19)31(2,29)30)22-9-12-24(17-26,13-10-22)20-6-4-7-21(25)16-20;/h3-8,15-16,22H,9-14,17,26H2,1-2H3;1H/t22-,24-;. The van der Waals surface area contributed by atoms with Crippen molar-refractivity contribution in [2.24, 2.45) is 5.73 Å². The number of halogens is 2. The molecule has 2 N–H and O–H groups in total. The molecule has 0 atom stereocenters. The monoisotopic (exact) mass is 498 g/mol. The van der Waals surface area contributed by atoms with Gasteiger partial charge in [-0.1, -0.05) is 35.9 Å². The van der Waals surface area contributed by atoms with Gasteiger partial charge in [0.2, 0.25) is 5.91 Å². The van der Waals surface area contributed by atoms with Gasteiger partial charge in [0.25, 0.3) is 0 Å². The molecule has 1 fully saturated rings. The lowest BCUT2D eigenvalue weighted by molar-refractivity contribution is -0.132. The van der Waals surface area contributed by atoms with Crippen LogP contribution in [-0.2, 0) is 26.5 Å². The van der Waals surface area contributed by atoms with E-state index in [2.05, 4.69) is 6.07 Å². The van der Waals surface area contributed by atoms with Crippen LogP contribution in [0.25, 0.3) is 0 Å². The van der Waals surface area contributed by atoms with Gasteiger partial charge in [-0.3, -0.25) is 4.79 Å². The van der Waals surface area contributed by atoms with Crippen LogP contribution < -0.4 is 5.73 Å². The van der Waals surface area contributed by atoms with E-state index in [0.29, 0.717) is 29.4 Å². The van der Waals surface area contributed by atoms with Crippen LogP contribution in [0.5, 0.6) is 0 Å². The largest absolute Gasteiger partial charge is 0.340 e. The lowest BCUT2D eigenvalue weighted by Gasteiger charge is -2.43. The topological polar surface area (TPSA) is 80.5 Å². The van der Waals surface area contributed by atoms with Gasteiger partial charge in [0.05, 0.1) is 4.90 Å². The summed E-state index contributed by atoms with van der Waals surface area (Å²) in [5.41, 5.74) is 8.20. The van der Waals surface area contributed by atoms with E-state index >= 15 is 0 Å². The molecule has 32 heavy (non-hydrogen) atoms. The molecule has 8 heteroatoms. The summed E-state index contributed by atoms with van der Waals surface area (Å²) in [5, 5.41) is 0.717. The number of sulfone groups is 1. The predicted octanol–water partition coefficient (Wildman–Crippen LogP) is 4.40. The summed E-state index contributed by atoms with van der Waals surface area (Å²) in [4.78, 5) is 14.7. The molecule has 1 aliphatic carbocycles. The van der Waals surface area contributed by atoms with Crippen molar-refractivity contribution in [1.29, 1.82) is 0 Å². The highest BCUT2D eigenvalue weighted by atomic mass is 35.5. The fourth-order valence-electron chi connectivity index (χ4n) is 4.67. The molecular weight excluding hydrogens is 467 g/mol. The van der Waals surface area contributed by atoms with Crippen molar-refractivity contribution < 1.29 is 13.2 Å². The molecule has 2 aromatic rings. The number of carbonyl (C=O) groups excluding carboxylic acids is 1. The molecule has 0 bridgehead atoms. The Hall–Kier alpha value is -1.60. The number of rotatable bonds is 7. The van der Waals surface area contributed by atoms with Crippen LogP contribution in [0.1, 0.15) is 43.7 Å². The normalized spacial score (nSPS) is 20.9. The van der Waals surface area contributed by atoms with Gasteiger partial charge in [0, 0.05) is 42.7 Å². The van der Waals surface area contributed by atoms with Crippen molar-refractivity contribution in [1.82, 2.24) is 4.90 Å². The minimum Gasteiger partial charge on any atom is -0.340 e. The number of carbonyl (C=O) groups is 1. The van der Waals surface area contributed by atoms with E-state index in [4.69, 9.17) is 17.3 Å². The molecule has 0 unspecified atom stereocenters. The van der Waals surface area contributed by atoms with Crippen molar-refractivity contribution >= 4 is 39.8 Å². The first-order valence-electron chi connectivity index (χ1n) is 10.7. The van der Waals surface area contributed by atoms with Gasteiger partial charge in [-0.15, -0.1) is 12.4 Å². The third-order valence-corrected chi connectivity index (χ3v) is 7.90. The predicted molar refractivity (Wildman–Crippen MR) is 132 cm³/mol. The summed E-state index contributed by atoms with van der Waals surface area (Å²) in [7, 11) is -3.25. The minimum absolute atomic E-state index is 0. The average Bonchev–Trinajstić information content (AvgIpc) is 2.74. The van der Waals surface area contributed by atoms with E-state index in [1.807, 2.05) is 29.2 Å². The average molecular weight is 500 g/mol. The molecule has 1 aliphatic rings. The number of hydrogen-bond donors (Lipinski definition) is 1. The number of nitrogens with two attached hydrogens (primary N) is 1. The number of nitrogens with zero attached hydrogens (tertiary/aromatic N) is 1. The Bertz CT molecular complexity index is 1040. The SMILES string of the molecule is CC(=O)N(CCc1cccc(S(C)(=O)=O)c1)[C@H]1CC[C@](CN)(c2cccc(Cl)c2)CC1.Cl. The summed E-state index contributed by atoms with van der Waals surface area (Å²) in [6.07, 6.45) is 5.40. The third kappa shape index (κ3) is 6.25. The highest BCUT2D eigenvalue weighted by Crippen LogP contribution is 2.40. The summed E-state index contributed by atoms with van der Waals surface area (Å²) in [5.74, 6) is 0.0484. The molecule has 0 heterocycles. The lowest BCUT2D eigenvalue weighted by atomic mass is 9.68. The second kappa shape index (κ2) is 11.0. The van der Waals surface area contributed by atoms with Gasteiger partial charge >= 0.3 is 0 Å². The van der Waals surface area contributed by atoms with Crippen molar-refractivity contribution in [2.75, 3.05) is 19.3 Å². The van der Waals surface area contributed by atoms with E-state index in [9.17, 15) is 13.2 Å². The van der Waals surface area contributed by atoms with Crippen LogP contribution in [0, 0.1) is 0 Å². The molecule has 0 spiro atoms. The van der Waals surface area contributed by atoms with Crippen LogP contribution in [0.2, 0.25) is 5.02 Å². The Morgan fingerprint density at radius 2 is 1.81 bits per heavy atom. The maximum Gasteiger partial charge on any atom is 0.219 e. The van der Waals surface area contributed by atoms with Gasteiger partial charge in [-0.25, -0.2) is 8.42 Å². The molecular formula is C24H32Cl2N2O3S. The van der Waals surface area contributed by atoms with Gasteiger partial charge < -0.3 is 10.6 Å². The lowest BCUT2D eigenvalue weighted by Crippen LogP contribution is -2.47. The van der Waals surface area contributed by atoms with Gasteiger partial charge in [0.15, 0.2) is 9.84 Å². The highest BCUT2D eigenvalue weighted by molar-refractivity contribution is 7.90. The Morgan fingerprint density at radius 3 is 2.38 bits per heavy atom. The Kier molecular flexibility index (Phi) is 9.17. The number of amides is 1. The zero-order valence-electron chi connectivity index (χ0n) is 18.6. The van der Waals surface area contributed by atoms with E-state index in [-0.39, 0.29) is 29.8 Å². The highest BCUT2D eigenvalue weighted by Gasteiger charge is 2.38. The van der Waals surface area contributed by atoms with Crippen LogP contribution in [0.3, 0.4) is 0 Å². The first-order valence-corrected chi connectivity index (χ1v) is 12.9. The van der Waals surface area contributed by atoms with Crippen LogP contribution in [-0.4, -0.2) is 44.6 Å². The van der Waals surface area contributed by atoms with Crippen molar-refractivity contribution in [3.8, 4) is 0 Å². The molecule has 5 nitrogen and oxygen atoms in total. The summed E-state index contributed by atoms with van der Waals surface area (Å²) in [6.45, 7) is 2.73. The third-order valence-electron chi connectivity index (χ3n) is 6.55. The smallest absolute Gasteiger partial charge is 0.219 e. The number of benzene rings is 2. The summed E-state index contributed by atoms with van der Waals surface area (Å²) in [6, 6.07) is 15.1. The van der Waals surface area contributed by atoms with E-state index in [1.54, 1.807) is 25.1 Å². The Balaban J connectivity index is 0.00000363. The molecule has 1 saturated carbocycles. The zero-order chi connectivity index (χ0) is 22.6. The second-order valence-corrected chi connectivity index (χ2v) is 11.1. The van der Waals surface area contributed by atoms with Crippen LogP contribution in [0.15, 0.2) is 53.4 Å².